The van der Waals surface area contributed by atoms with Gasteiger partial charge in [-0.05, 0) is 46.1 Å². The lowest BCUT2D eigenvalue weighted by Crippen LogP contribution is -2.34. The molecule has 0 saturated heterocycles. The van der Waals surface area contributed by atoms with E-state index in [0.29, 0.717) is 6.04 Å². The van der Waals surface area contributed by atoms with E-state index in [2.05, 4.69) is 21.8 Å². The Hall–Kier alpha value is -0.870. The largest absolute Gasteiger partial charge is 0.390 e. The molecular weight excluding hydrogens is 238 g/mol. The Labute approximate surface area is 116 Å². The van der Waals surface area contributed by atoms with Crippen LogP contribution in [0, 0.1) is 6.92 Å². The van der Waals surface area contributed by atoms with Crippen LogP contribution in [-0.2, 0) is 6.54 Å². The summed E-state index contributed by atoms with van der Waals surface area (Å²) in [6.07, 6.45) is 10.2. The molecule has 4 nitrogen and oxygen atoms in total. The molecule has 1 heterocycles. The Morgan fingerprint density at radius 3 is 2.84 bits per heavy atom. The van der Waals surface area contributed by atoms with Gasteiger partial charge in [0.25, 0.3) is 0 Å². The number of hydrogen-bond donors (Lipinski definition) is 2. The summed E-state index contributed by atoms with van der Waals surface area (Å²) < 4.78 is 2.18. The molecule has 0 spiro atoms. The number of rotatable bonds is 7. The molecule has 0 aliphatic heterocycles. The second-order valence-corrected chi connectivity index (χ2v) is 5.99. The van der Waals surface area contributed by atoms with Gasteiger partial charge < -0.3 is 15.0 Å². The van der Waals surface area contributed by atoms with Gasteiger partial charge >= 0.3 is 0 Å². The summed E-state index contributed by atoms with van der Waals surface area (Å²) in [6.45, 7) is 6.17. The molecule has 1 aromatic heterocycles. The van der Waals surface area contributed by atoms with Crippen molar-refractivity contribution in [2.24, 2.45) is 0 Å². The summed E-state index contributed by atoms with van der Waals surface area (Å²) >= 11 is 0. The van der Waals surface area contributed by atoms with Gasteiger partial charge in [0, 0.05) is 25.0 Å². The van der Waals surface area contributed by atoms with Crippen LogP contribution in [0.1, 0.15) is 51.3 Å². The second-order valence-electron chi connectivity index (χ2n) is 5.99. The fourth-order valence-electron chi connectivity index (χ4n) is 2.91. The van der Waals surface area contributed by atoms with Gasteiger partial charge in [0.05, 0.1) is 5.60 Å². The molecular formula is C15H27N3O. The van der Waals surface area contributed by atoms with Crippen LogP contribution in [0.3, 0.4) is 0 Å². The van der Waals surface area contributed by atoms with Crippen molar-refractivity contribution in [3.05, 3.63) is 18.2 Å². The lowest BCUT2D eigenvalue weighted by Gasteiger charge is -2.23. The number of aromatic nitrogens is 2. The maximum atomic E-state index is 10.3. The van der Waals surface area contributed by atoms with Gasteiger partial charge in [-0.1, -0.05) is 12.8 Å². The maximum absolute atomic E-state index is 10.3. The summed E-state index contributed by atoms with van der Waals surface area (Å²) in [7, 11) is 0. The Morgan fingerprint density at radius 1 is 1.47 bits per heavy atom. The normalized spacial score (nSPS) is 19.7. The van der Waals surface area contributed by atoms with Crippen LogP contribution < -0.4 is 5.32 Å². The van der Waals surface area contributed by atoms with Crippen molar-refractivity contribution in [2.45, 2.75) is 70.6 Å². The molecule has 1 fully saturated rings. The number of aliphatic hydroxyl groups is 1. The first-order valence-electron chi connectivity index (χ1n) is 7.53. The minimum Gasteiger partial charge on any atom is -0.390 e. The third-order valence-electron chi connectivity index (χ3n) is 4.34. The molecule has 0 unspecified atom stereocenters. The summed E-state index contributed by atoms with van der Waals surface area (Å²) in [4.78, 5) is 4.23. The summed E-state index contributed by atoms with van der Waals surface area (Å²) in [6, 6.07) is 0.479. The molecule has 1 saturated carbocycles. The average Bonchev–Trinajstić information content (AvgIpc) is 2.96. The van der Waals surface area contributed by atoms with E-state index in [1.54, 1.807) is 0 Å². The third kappa shape index (κ3) is 4.32. The smallest absolute Gasteiger partial charge is 0.105 e. The van der Waals surface area contributed by atoms with E-state index in [-0.39, 0.29) is 5.60 Å². The summed E-state index contributed by atoms with van der Waals surface area (Å²) in [5, 5.41) is 13.8. The molecule has 108 valence electrons. The van der Waals surface area contributed by atoms with E-state index in [9.17, 15) is 5.11 Å². The van der Waals surface area contributed by atoms with Gasteiger partial charge in [-0.15, -0.1) is 0 Å². The molecule has 19 heavy (non-hydrogen) atoms. The van der Waals surface area contributed by atoms with E-state index in [1.807, 2.05) is 19.3 Å². The lowest BCUT2D eigenvalue weighted by molar-refractivity contribution is 0.0385. The van der Waals surface area contributed by atoms with Crippen molar-refractivity contribution in [3.8, 4) is 0 Å². The highest BCUT2D eigenvalue weighted by molar-refractivity contribution is 4.88. The zero-order valence-corrected chi connectivity index (χ0v) is 12.2. The highest BCUT2D eigenvalue weighted by Crippen LogP contribution is 2.31. The molecule has 2 rings (SSSR count). The van der Waals surface area contributed by atoms with Crippen LogP contribution in [0.2, 0.25) is 0 Å². The van der Waals surface area contributed by atoms with E-state index in [1.165, 1.54) is 12.8 Å². The molecule has 1 aliphatic carbocycles. The van der Waals surface area contributed by atoms with E-state index < -0.39 is 0 Å². The van der Waals surface area contributed by atoms with Crippen molar-refractivity contribution in [3.63, 3.8) is 0 Å². The first-order valence-corrected chi connectivity index (χ1v) is 7.53. The minimum atomic E-state index is -0.381. The summed E-state index contributed by atoms with van der Waals surface area (Å²) in [5.74, 6) is 1.08. The van der Waals surface area contributed by atoms with Gasteiger partial charge in [0.2, 0.25) is 0 Å². The van der Waals surface area contributed by atoms with Crippen LogP contribution in [0.5, 0.6) is 0 Å². The van der Waals surface area contributed by atoms with Crippen molar-refractivity contribution >= 4 is 0 Å². The molecule has 1 aromatic rings. The van der Waals surface area contributed by atoms with Crippen LogP contribution in [0.25, 0.3) is 0 Å². The van der Waals surface area contributed by atoms with Crippen LogP contribution in [0.4, 0.5) is 0 Å². The standard InChI is InChI=1S/C15H27N3O/c1-13(5-11-18-12-10-17-14(18)2)16-9-8-15(19)6-3-4-7-15/h10,12-13,16,19H,3-9,11H2,1-2H3/t13-/m1/s1. The van der Waals surface area contributed by atoms with Gasteiger partial charge in [0.15, 0.2) is 0 Å². The number of hydrogen-bond acceptors (Lipinski definition) is 3. The van der Waals surface area contributed by atoms with Crippen molar-refractivity contribution in [2.75, 3.05) is 6.54 Å². The molecule has 0 bridgehead atoms. The highest BCUT2D eigenvalue weighted by atomic mass is 16.3. The van der Waals surface area contributed by atoms with Crippen molar-refractivity contribution < 1.29 is 5.11 Å². The molecule has 1 aliphatic rings. The van der Waals surface area contributed by atoms with E-state index in [0.717, 1.165) is 44.6 Å². The Bertz CT molecular complexity index is 382. The Balaban J connectivity index is 1.62. The first-order chi connectivity index (χ1) is 9.09. The molecule has 0 radical (unpaired) electrons. The first kappa shape index (κ1) is 14.5. The quantitative estimate of drug-likeness (QED) is 0.795. The number of nitrogens with zero attached hydrogens (tertiary/aromatic N) is 2. The van der Waals surface area contributed by atoms with Gasteiger partial charge in [-0.2, -0.15) is 0 Å². The zero-order chi connectivity index (χ0) is 13.7. The third-order valence-corrected chi connectivity index (χ3v) is 4.34. The molecule has 0 aromatic carbocycles. The van der Waals surface area contributed by atoms with E-state index in [4.69, 9.17) is 0 Å². The molecule has 4 heteroatoms. The predicted molar refractivity (Wildman–Crippen MR) is 77.1 cm³/mol. The van der Waals surface area contributed by atoms with Gasteiger partial charge in [-0.3, -0.25) is 0 Å². The van der Waals surface area contributed by atoms with E-state index >= 15 is 0 Å². The monoisotopic (exact) mass is 265 g/mol. The maximum Gasteiger partial charge on any atom is 0.105 e. The molecule has 1 atom stereocenters. The summed E-state index contributed by atoms with van der Waals surface area (Å²) in [5.41, 5.74) is -0.381. The molecule has 0 amide bonds. The zero-order valence-electron chi connectivity index (χ0n) is 12.2. The number of nitrogens with one attached hydrogen (secondary N) is 1. The van der Waals surface area contributed by atoms with Crippen LogP contribution in [0.15, 0.2) is 12.4 Å². The average molecular weight is 265 g/mol. The topological polar surface area (TPSA) is 50.1 Å². The van der Waals surface area contributed by atoms with Gasteiger partial charge in [0.1, 0.15) is 5.82 Å². The SMILES string of the molecule is Cc1nccn1CC[C@@H](C)NCCC1(O)CCCC1. The van der Waals surface area contributed by atoms with Crippen LogP contribution in [-0.4, -0.2) is 32.8 Å². The Kier molecular flexibility index (Phi) is 4.99. The fourth-order valence-corrected chi connectivity index (χ4v) is 2.91. The van der Waals surface area contributed by atoms with Crippen LogP contribution >= 0.6 is 0 Å². The number of aryl methyl sites for hydroxylation is 2. The minimum absolute atomic E-state index is 0.381. The lowest BCUT2D eigenvalue weighted by atomic mass is 9.98. The fraction of sp³-hybridized carbons (Fsp3) is 0.800. The van der Waals surface area contributed by atoms with Crippen molar-refractivity contribution in [1.82, 2.24) is 14.9 Å². The van der Waals surface area contributed by atoms with Crippen molar-refractivity contribution in [1.29, 1.82) is 0 Å². The Morgan fingerprint density at radius 2 is 2.21 bits per heavy atom. The predicted octanol–water partition coefficient (Wildman–Crippen LogP) is 2.25. The van der Waals surface area contributed by atoms with Gasteiger partial charge in [-0.25, -0.2) is 4.98 Å². The second kappa shape index (κ2) is 6.53. The highest BCUT2D eigenvalue weighted by Gasteiger charge is 2.30. The number of imidazole rings is 1. The molecule has 2 N–H and O–H groups in total.